The van der Waals surface area contributed by atoms with E-state index in [2.05, 4.69) is 25.3 Å². The zero-order valence-corrected chi connectivity index (χ0v) is 14.3. The summed E-state index contributed by atoms with van der Waals surface area (Å²) in [4.78, 5) is 23.2. The van der Waals surface area contributed by atoms with Crippen LogP contribution in [0.2, 0.25) is 0 Å². The highest BCUT2D eigenvalue weighted by Crippen LogP contribution is 2.30. The average Bonchev–Trinajstić information content (AvgIpc) is 2.64. The summed E-state index contributed by atoms with van der Waals surface area (Å²) >= 11 is 0. The van der Waals surface area contributed by atoms with Crippen molar-refractivity contribution in [2.24, 2.45) is 5.11 Å². The van der Waals surface area contributed by atoms with Gasteiger partial charge in [-0.3, -0.25) is 10.1 Å². The zero-order chi connectivity index (χ0) is 18.1. The number of carbonyl (C=O) groups is 1. The van der Waals surface area contributed by atoms with E-state index in [0.29, 0.717) is 37.3 Å². The lowest BCUT2D eigenvalue weighted by Crippen LogP contribution is -2.14. The number of anilines is 1. The molecule has 1 aromatic heterocycles. The first-order valence-corrected chi connectivity index (χ1v) is 8.08. The molecule has 0 aliphatic carbocycles. The van der Waals surface area contributed by atoms with Gasteiger partial charge in [0.05, 0.1) is 12.3 Å². The van der Waals surface area contributed by atoms with Gasteiger partial charge in [-0.2, -0.15) is 0 Å². The lowest BCUT2D eigenvalue weighted by molar-refractivity contribution is -0.115. The van der Waals surface area contributed by atoms with Crippen LogP contribution in [-0.2, 0) is 16.0 Å². The molecule has 0 saturated heterocycles. The Morgan fingerprint density at radius 3 is 2.68 bits per heavy atom. The highest BCUT2D eigenvalue weighted by molar-refractivity contribution is 5.89. The molecule has 0 unspecified atom stereocenters. The van der Waals surface area contributed by atoms with Gasteiger partial charge in [-0.1, -0.05) is 37.3 Å². The van der Waals surface area contributed by atoms with E-state index in [0.717, 1.165) is 5.56 Å². The van der Waals surface area contributed by atoms with Crippen LogP contribution in [0.3, 0.4) is 0 Å². The van der Waals surface area contributed by atoms with Crippen molar-refractivity contribution in [2.45, 2.75) is 26.7 Å². The van der Waals surface area contributed by atoms with Crippen molar-refractivity contribution in [2.75, 3.05) is 18.5 Å². The molecule has 1 N–H and O–H groups in total. The summed E-state index contributed by atoms with van der Waals surface area (Å²) < 4.78 is 5.41. The first-order chi connectivity index (χ1) is 12.2. The summed E-state index contributed by atoms with van der Waals surface area (Å²) in [6.07, 6.45) is 0.793. The highest BCUT2D eigenvalue weighted by atomic mass is 16.5. The van der Waals surface area contributed by atoms with Crippen LogP contribution in [0.25, 0.3) is 21.7 Å². The minimum absolute atomic E-state index is 0.119. The number of carbonyl (C=O) groups excluding carboxylic acids is 1. The molecule has 8 heteroatoms. The molecule has 0 saturated carbocycles. The molecule has 130 valence electrons. The van der Waals surface area contributed by atoms with Gasteiger partial charge in [-0.05, 0) is 24.0 Å². The van der Waals surface area contributed by atoms with Gasteiger partial charge >= 0.3 is 0 Å². The minimum Gasteiger partial charge on any atom is -0.381 e. The quantitative estimate of drug-likeness (QED) is 0.338. The molecule has 0 radical (unpaired) electrons. The van der Waals surface area contributed by atoms with E-state index in [1.54, 1.807) is 6.92 Å². The van der Waals surface area contributed by atoms with Crippen molar-refractivity contribution < 1.29 is 9.53 Å². The lowest BCUT2D eigenvalue weighted by Gasteiger charge is -2.13. The lowest BCUT2D eigenvalue weighted by atomic mass is 10.0. The Balaban J connectivity index is 2.56. The molecular weight excluding hydrogens is 320 g/mol. The molecule has 0 fully saturated rings. The molecule has 0 spiro atoms. The topological polar surface area (TPSA) is 113 Å². The van der Waals surface area contributed by atoms with E-state index in [-0.39, 0.29) is 17.7 Å². The molecule has 1 amide bonds. The Labute approximate surface area is 145 Å². The van der Waals surface area contributed by atoms with Crippen molar-refractivity contribution >= 4 is 17.7 Å². The predicted octanol–water partition coefficient (Wildman–Crippen LogP) is 4.01. The third-order valence-electron chi connectivity index (χ3n) is 3.44. The highest BCUT2D eigenvalue weighted by Gasteiger charge is 2.16. The van der Waals surface area contributed by atoms with Gasteiger partial charge in [0.15, 0.2) is 0 Å². The van der Waals surface area contributed by atoms with Gasteiger partial charge in [0.1, 0.15) is 5.82 Å². The molecule has 2 aromatic rings. The maximum atomic E-state index is 11.7. The second kappa shape index (κ2) is 9.36. The molecule has 0 aliphatic rings. The summed E-state index contributed by atoms with van der Waals surface area (Å²) in [5.74, 6) is 0.101. The van der Waals surface area contributed by atoms with E-state index < -0.39 is 0 Å². The van der Waals surface area contributed by atoms with Crippen LogP contribution in [0.15, 0.2) is 35.4 Å². The summed E-state index contributed by atoms with van der Waals surface area (Å²) in [5, 5.41) is 6.31. The van der Waals surface area contributed by atoms with Crippen molar-refractivity contribution in [3.63, 3.8) is 0 Å². The number of nitrogens with one attached hydrogen (secondary N) is 1. The van der Waals surface area contributed by atoms with E-state index in [4.69, 9.17) is 10.3 Å². The zero-order valence-electron chi connectivity index (χ0n) is 14.3. The van der Waals surface area contributed by atoms with Crippen LogP contribution in [0, 0.1) is 0 Å². The Kier molecular flexibility index (Phi) is 6.88. The maximum absolute atomic E-state index is 11.7. The summed E-state index contributed by atoms with van der Waals surface area (Å²) in [5.41, 5.74) is 11.0. The number of aromatic nitrogens is 2. The normalized spacial score (nSPS) is 10.2. The smallest absolute Gasteiger partial charge is 0.230 e. The Bertz CT molecular complexity index is 772. The van der Waals surface area contributed by atoms with Gasteiger partial charge in [0, 0.05) is 29.1 Å². The second-order valence-electron chi connectivity index (χ2n) is 5.10. The van der Waals surface area contributed by atoms with E-state index in [1.807, 2.05) is 37.3 Å². The van der Waals surface area contributed by atoms with E-state index in [9.17, 15) is 4.79 Å². The molecule has 25 heavy (non-hydrogen) atoms. The van der Waals surface area contributed by atoms with Gasteiger partial charge in [-0.15, -0.1) is 0 Å². The average molecular weight is 340 g/mol. The van der Waals surface area contributed by atoms with E-state index in [1.165, 1.54) is 0 Å². The SMILES string of the molecule is CCOCCc1c(N=[N+]=[N-])nc(NC(=O)CC)nc1-c1ccccc1. The number of hydrogen-bond acceptors (Lipinski definition) is 5. The van der Waals surface area contributed by atoms with Crippen molar-refractivity contribution in [3.8, 4) is 11.3 Å². The van der Waals surface area contributed by atoms with Crippen LogP contribution in [0.5, 0.6) is 0 Å². The molecule has 0 aliphatic heterocycles. The van der Waals surface area contributed by atoms with Crippen LogP contribution in [0.1, 0.15) is 25.8 Å². The number of hydrogen-bond donors (Lipinski definition) is 1. The number of rotatable bonds is 8. The number of azide groups is 1. The predicted molar refractivity (Wildman–Crippen MR) is 95.4 cm³/mol. The summed E-state index contributed by atoms with van der Waals surface area (Å²) in [6.45, 7) is 4.68. The van der Waals surface area contributed by atoms with Crippen LogP contribution >= 0.6 is 0 Å². The molecule has 1 aromatic carbocycles. The summed E-state index contributed by atoms with van der Waals surface area (Å²) in [7, 11) is 0. The fourth-order valence-corrected chi connectivity index (χ4v) is 2.25. The third kappa shape index (κ3) is 5.00. The fraction of sp³-hybridized carbons (Fsp3) is 0.353. The van der Waals surface area contributed by atoms with Crippen LogP contribution in [0.4, 0.5) is 11.8 Å². The first kappa shape index (κ1) is 18.4. The number of ether oxygens (including phenoxy) is 1. The van der Waals surface area contributed by atoms with Gasteiger partial charge in [0.2, 0.25) is 11.9 Å². The van der Waals surface area contributed by atoms with Crippen molar-refractivity contribution in [1.29, 1.82) is 0 Å². The molecule has 0 bridgehead atoms. The van der Waals surface area contributed by atoms with Crippen LogP contribution < -0.4 is 5.32 Å². The van der Waals surface area contributed by atoms with E-state index >= 15 is 0 Å². The second-order valence-corrected chi connectivity index (χ2v) is 5.10. The Morgan fingerprint density at radius 2 is 2.04 bits per heavy atom. The van der Waals surface area contributed by atoms with Gasteiger partial charge < -0.3 is 4.74 Å². The maximum Gasteiger partial charge on any atom is 0.230 e. The minimum atomic E-state index is -0.215. The molecule has 8 nitrogen and oxygen atoms in total. The first-order valence-electron chi connectivity index (χ1n) is 8.08. The Morgan fingerprint density at radius 1 is 1.28 bits per heavy atom. The largest absolute Gasteiger partial charge is 0.381 e. The van der Waals surface area contributed by atoms with Crippen molar-refractivity contribution in [3.05, 3.63) is 46.3 Å². The standard InChI is InChI=1S/C17H20N6O2/c1-3-14(24)19-17-20-15(12-8-6-5-7-9-12)13(10-11-25-4-2)16(21-17)22-23-18/h5-9H,3-4,10-11H2,1-2H3,(H,19,20,21,24). The number of nitrogens with zero attached hydrogens (tertiary/aromatic N) is 5. The Hall–Kier alpha value is -2.96. The van der Waals surface area contributed by atoms with Gasteiger partial charge in [0.25, 0.3) is 0 Å². The molecule has 1 heterocycles. The summed E-state index contributed by atoms with van der Waals surface area (Å²) in [6, 6.07) is 9.48. The number of amides is 1. The molecule has 2 rings (SSSR count). The fourth-order valence-electron chi connectivity index (χ4n) is 2.25. The van der Waals surface area contributed by atoms with Crippen LogP contribution in [-0.4, -0.2) is 29.1 Å². The third-order valence-corrected chi connectivity index (χ3v) is 3.44. The number of benzene rings is 1. The molecular formula is C17H20N6O2. The van der Waals surface area contributed by atoms with Gasteiger partial charge in [-0.25, -0.2) is 9.97 Å². The molecule has 0 atom stereocenters. The monoisotopic (exact) mass is 340 g/mol. The van der Waals surface area contributed by atoms with Crippen molar-refractivity contribution in [1.82, 2.24) is 9.97 Å².